The first-order chi connectivity index (χ1) is 7.04. The van der Waals surface area contributed by atoms with E-state index in [0.29, 0.717) is 32.0 Å². The Morgan fingerprint density at radius 1 is 1.47 bits per heavy atom. The van der Waals surface area contributed by atoms with E-state index in [0.717, 1.165) is 13.0 Å². The molecular formula is C11H22N2O2. The van der Waals surface area contributed by atoms with Crippen LogP contribution in [-0.4, -0.2) is 31.2 Å². The maximum Gasteiger partial charge on any atom is 0.240 e. The molecule has 0 radical (unpaired) electrons. The second-order valence-electron chi connectivity index (χ2n) is 4.71. The van der Waals surface area contributed by atoms with E-state index in [1.165, 1.54) is 0 Å². The van der Waals surface area contributed by atoms with E-state index in [9.17, 15) is 4.79 Å². The van der Waals surface area contributed by atoms with Gasteiger partial charge in [0.25, 0.3) is 0 Å². The Kier molecular flexibility index (Phi) is 4.54. The molecule has 1 rings (SSSR count). The summed E-state index contributed by atoms with van der Waals surface area (Å²) in [5.74, 6) is 0.583. The van der Waals surface area contributed by atoms with E-state index in [1.54, 1.807) is 0 Å². The van der Waals surface area contributed by atoms with Gasteiger partial charge in [0.1, 0.15) is 0 Å². The fourth-order valence-electron chi connectivity index (χ4n) is 1.61. The van der Waals surface area contributed by atoms with Gasteiger partial charge in [-0.15, -0.1) is 0 Å². The molecule has 0 aromatic carbocycles. The number of amides is 1. The molecule has 1 aliphatic heterocycles. The summed E-state index contributed by atoms with van der Waals surface area (Å²) in [5.41, 5.74) is 5.33. The highest BCUT2D eigenvalue weighted by atomic mass is 16.5. The number of carbonyl (C=O) groups is 1. The van der Waals surface area contributed by atoms with E-state index in [4.69, 9.17) is 10.5 Å². The largest absolute Gasteiger partial charge is 0.381 e. The zero-order chi connectivity index (χ0) is 11.3. The lowest BCUT2D eigenvalue weighted by molar-refractivity contribution is -0.129. The van der Waals surface area contributed by atoms with Crippen LogP contribution in [0.2, 0.25) is 0 Å². The lowest BCUT2D eigenvalue weighted by atomic mass is 9.90. The van der Waals surface area contributed by atoms with Crippen molar-refractivity contribution in [3.63, 3.8) is 0 Å². The minimum Gasteiger partial charge on any atom is -0.381 e. The number of hydrogen-bond donors (Lipinski definition) is 2. The molecule has 0 aromatic rings. The number of nitrogens with two attached hydrogens (primary N) is 1. The van der Waals surface area contributed by atoms with Gasteiger partial charge in [0, 0.05) is 19.8 Å². The lowest BCUT2D eigenvalue weighted by Gasteiger charge is -2.31. The third-order valence-electron chi connectivity index (χ3n) is 2.84. The Labute approximate surface area is 91.5 Å². The second kappa shape index (κ2) is 5.47. The molecule has 0 bridgehead atoms. The number of hydrogen-bond acceptors (Lipinski definition) is 3. The highest BCUT2D eigenvalue weighted by Gasteiger charge is 2.35. The smallest absolute Gasteiger partial charge is 0.240 e. The summed E-state index contributed by atoms with van der Waals surface area (Å²) < 4.78 is 5.20. The summed E-state index contributed by atoms with van der Waals surface area (Å²) in [7, 11) is 0. The van der Waals surface area contributed by atoms with Crippen molar-refractivity contribution in [2.45, 2.75) is 38.6 Å². The normalized spacial score (nSPS) is 20.3. The van der Waals surface area contributed by atoms with Crippen LogP contribution in [0.3, 0.4) is 0 Å². The Hall–Kier alpha value is -0.610. The molecule has 0 saturated carbocycles. The maximum atomic E-state index is 11.8. The minimum absolute atomic E-state index is 0.0218. The Bertz CT molecular complexity index is 211. The van der Waals surface area contributed by atoms with Gasteiger partial charge in [0.15, 0.2) is 0 Å². The van der Waals surface area contributed by atoms with Crippen LogP contribution in [0.1, 0.15) is 33.1 Å². The van der Waals surface area contributed by atoms with Crippen molar-refractivity contribution >= 4 is 5.91 Å². The van der Waals surface area contributed by atoms with Gasteiger partial charge in [-0.1, -0.05) is 13.8 Å². The van der Waals surface area contributed by atoms with Gasteiger partial charge in [0.2, 0.25) is 5.91 Å². The predicted octanol–water partition coefficient (Wildman–Crippen LogP) is 0.657. The first-order valence-corrected chi connectivity index (χ1v) is 5.69. The first-order valence-electron chi connectivity index (χ1n) is 5.69. The molecule has 0 aromatic heterocycles. The average molecular weight is 214 g/mol. The monoisotopic (exact) mass is 214 g/mol. The molecule has 1 fully saturated rings. The van der Waals surface area contributed by atoms with Crippen LogP contribution in [0.15, 0.2) is 0 Å². The van der Waals surface area contributed by atoms with Gasteiger partial charge < -0.3 is 15.8 Å². The van der Waals surface area contributed by atoms with Gasteiger partial charge in [0.05, 0.1) is 5.54 Å². The topological polar surface area (TPSA) is 64.4 Å². The SMILES string of the molecule is CC(C)CCNC(=O)C1(N)CCOCC1. The van der Waals surface area contributed by atoms with E-state index in [1.807, 2.05) is 0 Å². The molecule has 1 saturated heterocycles. The van der Waals surface area contributed by atoms with Crippen molar-refractivity contribution < 1.29 is 9.53 Å². The molecule has 4 heteroatoms. The zero-order valence-electron chi connectivity index (χ0n) is 9.71. The van der Waals surface area contributed by atoms with Crippen molar-refractivity contribution in [3.05, 3.63) is 0 Å². The van der Waals surface area contributed by atoms with Gasteiger partial charge in [-0.05, 0) is 25.2 Å². The highest BCUT2D eigenvalue weighted by Crippen LogP contribution is 2.17. The van der Waals surface area contributed by atoms with Gasteiger partial charge >= 0.3 is 0 Å². The van der Waals surface area contributed by atoms with E-state index in [2.05, 4.69) is 19.2 Å². The molecule has 0 spiro atoms. The Balaban J connectivity index is 2.31. The third-order valence-corrected chi connectivity index (χ3v) is 2.84. The van der Waals surface area contributed by atoms with Gasteiger partial charge in [-0.3, -0.25) is 4.79 Å². The molecule has 0 atom stereocenters. The molecule has 1 heterocycles. The first kappa shape index (κ1) is 12.5. The van der Waals surface area contributed by atoms with Crippen LogP contribution in [0, 0.1) is 5.92 Å². The third kappa shape index (κ3) is 3.80. The molecule has 15 heavy (non-hydrogen) atoms. The second-order valence-corrected chi connectivity index (χ2v) is 4.71. The standard InChI is InChI=1S/C11H22N2O2/c1-9(2)3-6-13-10(14)11(12)4-7-15-8-5-11/h9H,3-8,12H2,1-2H3,(H,13,14). The molecule has 1 aliphatic rings. The summed E-state index contributed by atoms with van der Waals surface area (Å²) >= 11 is 0. The van der Waals surface area contributed by atoms with Gasteiger partial charge in [-0.2, -0.15) is 0 Å². The van der Waals surface area contributed by atoms with E-state index < -0.39 is 5.54 Å². The Morgan fingerprint density at radius 3 is 2.60 bits per heavy atom. The quantitative estimate of drug-likeness (QED) is 0.722. The fraction of sp³-hybridized carbons (Fsp3) is 0.909. The molecule has 4 nitrogen and oxygen atoms in total. The summed E-state index contributed by atoms with van der Waals surface area (Å²) in [6, 6.07) is 0. The number of nitrogens with one attached hydrogen (secondary N) is 1. The molecule has 88 valence electrons. The van der Waals surface area contributed by atoms with Gasteiger partial charge in [-0.25, -0.2) is 0 Å². The average Bonchev–Trinajstić information content (AvgIpc) is 2.18. The van der Waals surface area contributed by atoms with Crippen molar-refractivity contribution in [2.75, 3.05) is 19.8 Å². The molecule has 3 N–H and O–H groups in total. The summed E-state index contributed by atoms with van der Waals surface area (Å²) in [5, 5.41) is 2.90. The van der Waals surface area contributed by atoms with E-state index >= 15 is 0 Å². The van der Waals surface area contributed by atoms with Crippen LogP contribution < -0.4 is 11.1 Å². The van der Waals surface area contributed by atoms with Crippen molar-refractivity contribution in [3.8, 4) is 0 Å². The minimum atomic E-state index is -0.699. The summed E-state index contributed by atoms with van der Waals surface area (Å²) in [6.45, 7) is 6.18. The lowest BCUT2D eigenvalue weighted by Crippen LogP contribution is -2.57. The zero-order valence-corrected chi connectivity index (χ0v) is 9.71. The van der Waals surface area contributed by atoms with Crippen LogP contribution in [-0.2, 0) is 9.53 Å². The van der Waals surface area contributed by atoms with Crippen molar-refractivity contribution in [1.29, 1.82) is 0 Å². The predicted molar refractivity (Wildman–Crippen MR) is 59.4 cm³/mol. The fourth-order valence-corrected chi connectivity index (χ4v) is 1.61. The summed E-state index contributed by atoms with van der Waals surface area (Å²) in [4.78, 5) is 11.8. The van der Waals surface area contributed by atoms with Crippen LogP contribution in [0.5, 0.6) is 0 Å². The molecule has 1 amide bonds. The summed E-state index contributed by atoms with van der Waals surface area (Å²) in [6.07, 6.45) is 2.25. The number of carbonyl (C=O) groups excluding carboxylic acids is 1. The maximum absolute atomic E-state index is 11.8. The molecule has 0 unspecified atom stereocenters. The number of rotatable bonds is 4. The van der Waals surface area contributed by atoms with Crippen LogP contribution >= 0.6 is 0 Å². The highest BCUT2D eigenvalue weighted by molar-refractivity contribution is 5.86. The van der Waals surface area contributed by atoms with Crippen LogP contribution in [0.25, 0.3) is 0 Å². The van der Waals surface area contributed by atoms with Crippen molar-refractivity contribution in [1.82, 2.24) is 5.32 Å². The van der Waals surface area contributed by atoms with Crippen molar-refractivity contribution in [2.24, 2.45) is 11.7 Å². The Morgan fingerprint density at radius 2 is 2.07 bits per heavy atom. The molecular weight excluding hydrogens is 192 g/mol. The number of ether oxygens (including phenoxy) is 1. The van der Waals surface area contributed by atoms with Crippen LogP contribution in [0.4, 0.5) is 0 Å². The molecule has 0 aliphatic carbocycles. The van der Waals surface area contributed by atoms with E-state index in [-0.39, 0.29) is 5.91 Å².